The van der Waals surface area contributed by atoms with Crippen LogP contribution in [0, 0.1) is 17.0 Å². The molecule has 0 N–H and O–H groups in total. The van der Waals surface area contributed by atoms with Gasteiger partial charge in [0.05, 0.1) is 10.5 Å². The molecule has 0 aliphatic carbocycles. The summed E-state index contributed by atoms with van der Waals surface area (Å²) in [4.78, 5) is 12.3. The highest BCUT2D eigenvalue weighted by Gasteiger charge is 2.28. The molecule has 0 saturated carbocycles. The number of fused-ring (bicyclic) bond motifs is 1. The van der Waals surface area contributed by atoms with E-state index in [0.717, 1.165) is 22.9 Å². The van der Waals surface area contributed by atoms with Crippen molar-refractivity contribution in [3.8, 4) is 0 Å². The van der Waals surface area contributed by atoms with Gasteiger partial charge in [-0.25, -0.2) is 0 Å². The first kappa shape index (κ1) is 14.3. The van der Waals surface area contributed by atoms with Crippen molar-refractivity contribution in [3.63, 3.8) is 0 Å². The molecule has 0 saturated heterocycles. The first-order chi connectivity index (χ1) is 9.22. The standard InChI is InChI=1S/C16H20N2O2/c1-11-8-15-14(9-13(11)6-7-18(19)20)12(2)10-16(3,4)17(15)5/h6-10H,1-5H3/b7-6-. The lowest BCUT2D eigenvalue weighted by molar-refractivity contribution is -0.400. The lowest BCUT2D eigenvalue weighted by atomic mass is 9.87. The van der Waals surface area contributed by atoms with Gasteiger partial charge in [-0.2, -0.15) is 0 Å². The van der Waals surface area contributed by atoms with Crippen molar-refractivity contribution in [3.05, 3.63) is 51.2 Å². The van der Waals surface area contributed by atoms with Crippen LogP contribution in [0.1, 0.15) is 37.5 Å². The van der Waals surface area contributed by atoms with E-state index in [1.165, 1.54) is 11.3 Å². The zero-order valence-corrected chi connectivity index (χ0v) is 12.6. The smallest absolute Gasteiger partial charge is 0.235 e. The number of hydrogen-bond acceptors (Lipinski definition) is 3. The van der Waals surface area contributed by atoms with E-state index in [-0.39, 0.29) is 5.54 Å². The molecular formula is C16H20N2O2. The van der Waals surface area contributed by atoms with Crippen molar-refractivity contribution >= 4 is 17.3 Å². The van der Waals surface area contributed by atoms with Crippen molar-refractivity contribution in [2.75, 3.05) is 11.9 Å². The second-order valence-corrected chi connectivity index (χ2v) is 5.87. The minimum absolute atomic E-state index is 0.0261. The Morgan fingerprint density at radius 3 is 2.55 bits per heavy atom. The molecule has 0 radical (unpaired) electrons. The van der Waals surface area contributed by atoms with Crippen molar-refractivity contribution in [1.29, 1.82) is 0 Å². The monoisotopic (exact) mass is 272 g/mol. The highest BCUT2D eigenvalue weighted by Crippen LogP contribution is 2.39. The van der Waals surface area contributed by atoms with E-state index in [1.807, 2.05) is 13.0 Å². The molecular weight excluding hydrogens is 252 g/mol. The number of nitrogens with zero attached hydrogens (tertiary/aromatic N) is 2. The topological polar surface area (TPSA) is 46.4 Å². The van der Waals surface area contributed by atoms with Crippen LogP contribution in [0.25, 0.3) is 11.6 Å². The zero-order valence-electron chi connectivity index (χ0n) is 12.6. The molecule has 0 spiro atoms. The molecule has 0 amide bonds. The maximum absolute atomic E-state index is 10.5. The van der Waals surface area contributed by atoms with Crippen LogP contribution < -0.4 is 4.90 Å². The maximum Gasteiger partial charge on any atom is 0.235 e. The molecule has 2 rings (SSSR count). The predicted molar refractivity (Wildman–Crippen MR) is 83.3 cm³/mol. The number of anilines is 1. The summed E-state index contributed by atoms with van der Waals surface area (Å²) in [5.41, 5.74) is 5.42. The normalized spacial score (nSPS) is 17.1. The minimum atomic E-state index is -0.434. The lowest BCUT2D eigenvalue weighted by Gasteiger charge is -2.41. The predicted octanol–water partition coefficient (Wildman–Crippen LogP) is 3.87. The Morgan fingerprint density at radius 2 is 1.95 bits per heavy atom. The van der Waals surface area contributed by atoms with Crippen LogP contribution >= 0.6 is 0 Å². The Balaban J connectivity index is 2.57. The number of aryl methyl sites for hydroxylation is 1. The van der Waals surface area contributed by atoms with Gasteiger partial charge < -0.3 is 4.90 Å². The van der Waals surface area contributed by atoms with Crippen LogP contribution in [-0.2, 0) is 0 Å². The van der Waals surface area contributed by atoms with Gasteiger partial charge in [0.1, 0.15) is 0 Å². The SMILES string of the molecule is CC1=CC(C)(C)N(C)c2cc(C)c(/C=C\[N+](=O)[O-])cc21. The largest absolute Gasteiger partial charge is 0.365 e. The maximum atomic E-state index is 10.5. The van der Waals surface area contributed by atoms with Gasteiger partial charge in [0.2, 0.25) is 6.20 Å². The van der Waals surface area contributed by atoms with E-state index in [0.29, 0.717) is 0 Å². The summed E-state index contributed by atoms with van der Waals surface area (Å²) < 4.78 is 0. The van der Waals surface area contributed by atoms with E-state index in [2.05, 4.69) is 44.9 Å². The Morgan fingerprint density at radius 1 is 1.30 bits per heavy atom. The van der Waals surface area contributed by atoms with Gasteiger partial charge in [-0.05, 0) is 56.5 Å². The number of hydrogen-bond donors (Lipinski definition) is 0. The van der Waals surface area contributed by atoms with Crippen LogP contribution in [0.4, 0.5) is 5.69 Å². The highest BCUT2D eigenvalue weighted by atomic mass is 16.6. The summed E-state index contributed by atoms with van der Waals surface area (Å²) in [6, 6.07) is 4.13. The van der Waals surface area contributed by atoms with Gasteiger partial charge in [-0.15, -0.1) is 0 Å². The third-order valence-electron chi connectivity index (χ3n) is 3.98. The first-order valence-electron chi connectivity index (χ1n) is 6.62. The first-order valence-corrected chi connectivity index (χ1v) is 6.62. The summed E-state index contributed by atoms with van der Waals surface area (Å²) in [6.45, 7) is 8.42. The van der Waals surface area contributed by atoms with E-state index in [1.54, 1.807) is 6.08 Å². The molecule has 0 atom stereocenters. The molecule has 20 heavy (non-hydrogen) atoms. The Kier molecular flexibility index (Phi) is 3.42. The fraction of sp³-hybridized carbons (Fsp3) is 0.375. The third kappa shape index (κ3) is 2.46. The van der Waals surface area contributed by atoms with Gasteiger partial charge in [0.15, 0.2) is 0 Å². The van der Waals surface area contributed by atoms with Crippen LogP contribution in [0.3, 0.4) is 0 Å². The Hall–Kier alpha value is -2.10. The van der Waals surface area contributed by atoms with E-state index >= 15 is 0 Å². The fourth-order valence-electron chi connectivity index (χ4n) is 2.64. The summed E-state index contributed by atoms with van der Waals surface area (Å²) in [5.74, 6) is 0. The van der Waals surface area contributed by atoms with Crippen molar-refractivity contribution in [2.24, 2.45) is 0 Å². The molecule has 1 heterocycles. The average molecular weight is 272 g/mol. The molecule has 4 heteroatoms. The molecule has 0 aromatic heterocycles. The number of likely N-dealkylation sites (N-methyl/N-ethyl adjacent to an activating group) is 1. The summed E-state index contributed by atoms with van der Waals surface area (Å²) >= 11 is 0. The molecule has 0 bridgehead atoms. The van der Waals surface area contributed by atoms with Crippen LogP contribution in [-0.4, -0.2) is 17.5 Å². The quantitative estimate of drug-likeness (QED) is 0.606. The number of allylic oxidation sites excluding steroid dienone is 1. The van der Waals surface area contributed by atoms with Crippen LogP contribution in [0.5, 0.6) is 0 Å². The van der Waals surface area contributed by atoms with Crippen molar-refractivity contribution in [1.82, 2.24) is 0 Å². The van der Waals surface area contributed by atoms with Crippen LogP contribution in [0.15, 0.2) is 24.4 Å². The Labute approximate surface area is 119 Å². The van der Waals surface area contributed by atoms with E-state index in [9.17, 15) is 10.1 Å². The molecule has 4 nitrogen and oxygen atoms in total. The number of rotatable bonds is 2. The fourth-order valence-corrected chi connectivity index (χ4v) is 2.64. The molecule has 0 unspecified atom stereocenters. The molecule has 106 valence electrons. The second kappa shape index (κ2) is 4.78. The van der Waals surface area contributed by atoms with Crippen molar-refractivity contribution < 1.29 is 4.92 Å². The van der Waals surface area contributed by atoms with Gasteiger partial charge in [0.25, 0.3) is 0 Å². The Bertz CT molecular complexity index is 628. The van der Waals surface area contributed by atoms with Gasteiger partial charge in [-0.1, -0.05) is 6.08 Å². The lowest BCUT2D eigenvalue weighted by Crippen LogP contribution is -2.42. The number of nitro groups is 1. The molecule has 1 aromatic carbocycles. The third-order valence-corrected chi connectivity index (χ3v) is 3.98. The highest BCUT2D eigenvalue weighted by molar-refractivity contribution is 5.83. The van der Waals surface area contributed by atoms with Gasteiger partial charge >= 0.3 is 0 Å². The molecule has 1 aromatic rings. The molecule has 1 aliphatic heterocycles. The van der Waals surface area contributed by atoms with Crippen molar-refractivity contribution in [2.45, 2.75) is 33.2 Å². The molecule has 0 fully saturated rings. The van der Waals surface area contributed by atoms with E-state index in [4.69, 9.17) is 0 Å². The van der Waals surface area contributed by atoms with Gasteiger partial charge in [-0.3, -0.25) is 10.1 Å². The minimum Gasteiger partial charge on any atom is -0.365 e. The second-order valence-electron chi connectivity index (χ2n) is 5.87. The van der Waals surface area contributed by atoms with Crippen LogP contribution in [0.2, 0.25) is 0 Å². The average Bonchev–Trinajstić information content (AvgIpc) is 2.33. The summed E-state index contributed by atoms with van der Waals surface area (Å²) in [6.07, 6.45) is 4.78. The molecule has 1 aliphatic rings. The van der Waals surface area contributed by atoms with E-state index < -0.39 is 4.92 Å². The number of benzene rings is 1. The summed E-state index contributed by atoms with van der Waals surface area (Å²) in [7, 11) is 2.08. The van der Waals surface area contributed by atoms with Gasteiger partial charge in [0, 0.05) is 24.4 Å². The summed E-state index contributed by atoms with van der Waals surface area (Å²) in [5, 5.41) is 10.5. The zero-order chi connectivity index (χ0) is 15.1.